The van der Waals surface area contributed by atoms with Crippen LogP contribution >= 0.6 is 11.6 Å². The van der Waals surface area contributed by atoms with Gasteiger partial charge in [-0.2, -0.15) is 5.26 Å². The van der Waals surface area contributed by atoms with Crippen molar-refractivity contribution in [2.45, 2.75) is 25.4 Å². The van der Waals surface area contributed by atoms with Crippen LogP contribution in [0.3, 0.4) is 0 Å². The van der Waals surface area contributed by atoms with Gasteiger partial charge in [0, 0.05) is 35.7 Å². The van der Waals surface area contributed by atoms with Crippen LogP contribution in [-0.4, -0.2) is 24.2 Å². The van der Waals surface area contributed by atoms with Crippen molar-refractivity contribution in [3.63, 3.8) is 0 Å². The van der Waals surface area contributed by atoms with Crippen molar-refractivity contribution in [1.82, 2.24) is 10.3 Å². The van der Waals surface area contributed by atoms with Crippen LogP contribution in [0.4, 0.5) is 0 Å². The molecule has 0 aliphatic carbocycles. The van der Waals surface area contributed by atoms with Crippen molar-refractivity contribution in [2.75, 3.05) is 13.1 Å². The van der Waals surface area contributed by atoms with Gasteiger partial charge in [-0.1, -0.05) is 23.7 Å². The van der Waals surface area contributed by atoms with E-state index in [-0.39, 0.29) is 6.10 Å². The first-order chi connectivity index (χ1) is 11.7. The number of benzene rings is 1. The van der Waals surface area contributed by atoms with Crippen LogP contribution in [0, 0.1) is 17.2 Å². The van der Waals surface area contributed by atoms with E-state index in [0.29, 0.717) is 23.3 Å². The Morgan fingerprint density at radius 2 is 2.08 bits per heavy atom. The second-order valence-electron chi connectivity index (χ2n) is 6.13. The molecule has 0 saturated carbocycles. The Bertz CT molecular complexity index is 709. The van der Waals surface area contributed by atoms with Gasteiger partial charge < -0.3 is 10.1 Å². The second-order valence-corrected chi connectivity index (χ2v) is 6.57. The van der Waals surface area contributed by atoms with Crippen molar-refractivity contribution in [3.05, 3.63) is 58.7 Å². The Morgan fingerprint density at radius 3 is 2.75 bits per heavy atom. The van der Waals surface area contributed by atoms with Crippen molar-refractivity contribution in [1.29, 1.82) is 5.26 Å². The lowest BCUT2D eigenvalue weighted by atomic mass is 9.78. The minimum atomic E-state index is 0.0354. The Hall–Kier alpha value is -2.09. The number of hydrogen-bond acceptors (Lipinski definition) is 4. The number of aromatic nitrogens is 1. The van der Waals surface area contributed by atoms with Crippen molar-refractivity contribution < 1.29 is 4.74 Å². The summed E-state index contributed by atoms with van der Waals surface area (Å²) in [5, 5.41) is 13.1. The molecule has 1 aromatic carbocycles. The number of pyridine rings is 1. The molecule has 124 valence electrons. The number of halogens is 1. The standard InChI is InChI=1S/C19H20ClN3O/c1-13(24-19-7-2-14(10-21)11-23-19)17-8-9-22-12-18(17)15-3-5-16(20)6-4-15/h2-7,11,13,17-18,22H,8-9,12H2,1H3. The number of hydrogen-bond donors (Lipinski definition) is 1. The summed E-state index contributed by atoms with van der Waals surface area (Å²) in [6.07, 6.45) is 2.62. The molecule has 1 aliphatic heterocycles. The minimum absolute atomic E-state index is 0.0354. The summed E-state index contributed by atoms with van der Waals surface area (Å²) in [6, 6.07) is 13.6. The summed E-state index contributed by atoms with van der Waals surface area (Å²) >= 11 is 6.01. The predicted octanol–water partition coefficient (Wildman–Crippen LogP) is 3.77. The summed E-state index contributed by atoms with van der Waals surface area (Å²) < 4.78 is 6.05. The molecule has 0 spiro atoms. The zero-order valence-corrected chi connectivity index (χ0v) is 14.3. The SMILES string of the molecule is CC(Oc1ccc(C#N)cn1)C1CCNCC1c1ccc(Cl)cc1. The monoisotopic (exact) mass is 341 g/mol. The number of rotatable bonds is 4. The summed E-state index contributed by atoms with van der Waals surface area (Å²) in [5.74, 6) is 1.34. The Morgan fingerprint density at radius 1 is 1.29 bits per heavy atom. The summed E-state index contributed by atoms with van der Waals surface area (Å²) in [7, 11) is 0. The molecule has 4 nitrogen and oxygen atoms in total. The molecule has 1 aliphatic rings. The molecule has 24 heavy (non-hydrogen) atoms. The molecule has 0 amide bonds. The molecule has 2 aromatic rings. The third-order valence-electron chi connectivity index (χ3n) is 4.61. The highest BCUT2D eigenvalue weighted by molar-refractivity contribution is 6.30. The molecule has 1 saturated heterocycles. The van der Waals surface area contributed by atoms with Gasteiger partial charge in [0.1, 0.15) is 12.2 Å². The fourth-order valence-corrected chi connectivity index (χ4v) is 3.44. The molecule has 5 heteroatoms. The van der Waals surface area contributed by atoms with Crippen molar-refractivity contribution in [3.8, 4) is 11.9 Å². The first-order valence-corrected chi connectivity index (χ1v) is 8.54. The molecule has 1 fully saturated rings. The van der Waals surface area contributed by atoms with Crippen LogP contribution in [-0.2, 0) is 0 Å². The molecule has 3 unspecified atom stereocenters. The maximum Gasteiger partial charge on any atom is 0.213 e. The fraction of sp³-hybridized carbons (Fsp3) is 0.368. The van der Waals surface area contributed by atoms with E-state index in [1.54, 1.807) is 18.3 Å². The van der Waals surface area contributed by atoms with Crippen LogP contribution in [0.1, 0.15) is 30.4 Å². The lowest BCUT2D eigenvalue weighted by molar-refractivity contribution is 0.108. The van der Waals surface area contributed by atoms with Gasteiger partial charge in [-0.05, 0) is 43.7 Å². The number of nitrogens with zero attached hydrogens (tertiary/aromatic N) is 2. The lowest BCUT2D eigenvalue weighted by Crippen LogP contribution is -2.41. The van der Waals surface area contributed by atoms with Crippen LogP contribution in [0.2, 0.25) is 5.02 Å². The highest BCUT2D eigenvalue weighted by Gasteiger charge is 2.32. The topological polar surface area (TPSA) is 57.9 Å². The van der Waals surface area contributed by atoms with Gasteiger partial charge in [-0.25, -0.2) is 4.98 Å². The van der Waals surface area contributed by atoms with E-state index in [9.17, 15) is 0 Å². The quantitative estimate of drug-likeness (QED) is 0.919. The van der Waals surface area contributed by atoms with Crippen LogP contribution in [0.25, 0.3) is 0 Å². The normalized spacial score (nSPS) is 21.7. The number of ether oxygens (including phenoxy) is 1. The number of nitriles is 1. The zero-order valence-electron chi connectivity index (χ0n) is 13.6. The first kappa shape index (κ1) is 16.8. The number of piperidine rings is 1. The fourth-order valence-electron chi connectivity index (χ4n) is 3.31. The van der Waals surface area contributed by atoms with Gasteiger partial charge in [0.05, 0.1) is 5.56 Å². The molecule has 3 rings (SSSR count). The maximum absolute atomic E-state index is 8.85. The first-order valence-electron chi connectivity index (χ1n) is 8.16. The predicted molar refractivity (Wildman–Crippen MR) is 94.2 cm³/mol. The molecular weight excluding hydrogens is 322 g/mol. The Balaban J connectivity index is 1.74. The Labute approximate surface area is 147 Å². The van der Waals surface area contributed by atoms with E-state index >= 15 is 0 Å². The second kappa shape index (κ2) is 7.65. The summed E-state index contributed by atoms with van der Waals surface area (Å²) in [6.45, 7) is 4.02. The van der Waals surface area contributed by atoms with Gasteiger partial charge in [0.25, 0.3) is 0 Å². The summed E-state index contributed by atoms with van der Waals surface area (Å²) in [5.41, 5.74) is 1.82. The van der Waals surface area contributed by atoms with E-state index in [2.05, 4.69) is 35.4 Å². The average molecular weight is 342 g/mol. The smallest absolute Gasteiger partial charge is 0.213 e. The third kappa shape index (κ3) is 3.87. The third-order valence-corrected chi connectivity index (χ3v) is 4.86. The molecule has 0 radical (unpaired) electrons. The maximum atomic E-state index is 8.85. The largest absolute Gasteiger partial charge is 0.474 e. The highest BCUT2D eigenvalue weighted by Crippen LogP contribution is 2.33. The Kier molecular flexibility index (Phi) is 5.34. The zero-order chi connectivity index (χ0) is 16.9. The van der Waals surface area contributed by atoms with Crippen LogP contribution in [0.15, 0.2) is 42.6 Å². The van der Waals surface area contributed by atoms with Gasteiger partial charge >= 0.3 is 0 Å². The summed E-state index contributed by atoms with van der Waals surface area (Å²) in [4.78, 5) is 4.22. The molecule has 1 aromatic heterocycles. The molecular formula is C19H20ClN3O. The van der Waals surface area contributed by atoms with Crippen LogP contribution < -0.4 is 10.1 Å². The van der Waals surface area contributed by atoms with E-state index in [0.717, 1.165) is 24.5 Å². The molecule has 0 bridgehead atoms. The molecule has 3 atom stereocenters. The van der Waals surface area contributed by atoms with E-state index in [1.165, 1.54) is 5.56 Å². The highest BCUT2D eigenvalue weighted by atomic mass is 35.5. The van der Waals surface area contributed by atoms with Gasteiger partial charge in [0.15, 0.2) is 0 Å². The van der Waals surface area contributed by atoms with Gasteiger partial charge in [0.2, 0.25) is 5.88 Å². The minimum Gasteiger partial charge on any atom is -0.474 e. The molecule has 2 heterocycles. The number of nitrogens with one attached hydrogen (secondary N) is 1. The lowest BCUT2D eigenvalue weighted by Gasteiger charge is -2.36. The average Bonchev–Trinajstić information content (AvgIpc) is 2.63. The van der Waals surface area contributed by atoms with Crippen molar-refractivity contribution in [2.24, 2.45) is 5.92 Å². The van der Waals surface area contributed by atoms with E-state index in [1.807, 2.05) is 12.1 Å². The van der Waals surface area contributed by atoms with Crippen molar-refractivity contribution >= 4 is 11.6 Å². The molecule has 1 N–H and O–H groups in total. The van der Waals surface area contributed by atoms with Gasteiger partial charge in [-0.15, -0.1) is 0 Å². The van der Waals surface area contributed by atoms with Gasteiger partial charge in [-0.3, -0.25) is 0 Å². The van der Waals surface area contributed by atoms with E-state index < -0.39 is 0 Å². The van der Waals surface area contributed by atoms with E-state index in [4.69, 9.17) is 21.6 Å². The van der Waals surface area contributed by atoms with Crippen LogP contribution in [0.5, 0.6) is 5.88 Å².